The summed E-state index contributed by atoms with van der Waals surface area (Å²) in [4.78, 5) is 21.9. The van der Waals surface area contributed by atoms with Crippen LogP contribution < -0.4 is 10.6 Å². The molecule has 92 valence electrons. The lowest BCUT2D eigenvalue weighted by atomic mass is 10.2. The number of carboxylic acids is 1. The van der Waals surface area contributed by atoms with E-state index in [1.165, 1.54) is 19.8 Å². The summed E-state index contributed by atoms with van der Waals surface area (Å²) in [6.07, 6.45) is 2.25. The van der Waals surface area contributed by atoms with E-state index < -0.39 is 24.1 Å². The van der Waals surface area contributed by atoms with Gasteiger partial charge in [0, 0.05) is 6.54 Å². The molecule has 0 bridgehead atoms. The van der Waals surface area contributed by atoms with Gasteiger partial charge in [-0.15, -0.1) is 0 Å². The van der Waals surface area contributed by atoms with Crippen LogP contribution in [-0.2, 0) is 4.79 Å². The molecule has 1 saturated carbocycles. The van der Waals surface area contributed by atoms with Crippen LogP contribution in [-0.4, -0.2) is 40.9 Å². The number of carbonyl (C=O) groups is 2. The van der Waals surface area contributed by atoms with Gasteiger partial charge in [0.05, 0.1) is 6.10 Å². The quantitative estimate of drug-likeness (QED) is 0.513. The minimum Gasteiger partial charge on any atom is -0.480 e. The van der Waals surface area contributed by atoms with Crippen LogP contribution in [0.25, 0.3) is 0 Å². The van der Waals surface area contributed by atoms with Crippen molar-refractivity contribution in [2.24, 2.45) is 5.92 Å². The third-order valence-corrected chi connectivity index (χ3v) is 2.57. The number of nitrogens with one attached hydrogen (secondary N) is 2. The summed E-state index contributed by atoms with van der Waals surface area (Å²) in [5, 5.41) is 22.6. The zero-order valence-electron chi connectivity index (χ0n) is 9.27. The van der Waals surface area contributed by atoms with E-state index in [9.17, 15) is 9.59 Å². The number of carboxylic acid groups (broad SMARTS) is 1. The number of aliphatic hydroxyl groups excluding tert-OH is 1. The van der Waals surface area contributed by atoms with Crippen LogP contribution in [0.1, 0.15) is 26.2 Å². The molecule has 0 aromatic carbocycles. The molecule has 1 rings (SSSR count). The van der Waals surface area contributed by atoms with Gasteiger partial charge in [0.25, 0.3) is 0 Å². The summed E-state index contributed by atoms with van der Waals surface area (Å²) in [7, 11) is 0. The van der Waals surface area contributed by atoms with Gasteiger partial charge in [0.1, 0.15) is 0 Å². The zero-order valence-corrected chi connectivity index (χ0v) is 9.27. The summed E-state index contributed by atoms with van der Waals surface area (Å²) >= 11 is 0. The van der Waals surface area contributed by atoms with E-state index >= 15 is 0 Å². The molecule has 16 heavy (non-hydrogen) atoms. The largest absolute Gasteiger partial charge is 0.480 e. The molecule has 0 heterocycles. The lowest BCUT2D eigenvalue weighted by molar-refractivity contribution is -0.141. The van der Waals surface area contributed by atoms with Crippen molar-refractivity contribution >= 4 is 12.0 Å². The average Bonchev–Trinajstić information content (AvgIpc) is 2.97. The maximum absolute atomic E-state index is 11.3. The number of aliphatic hydroxyl groups is 1. The third kappa shape index (κ3) is 4.48. The summed E-state index contributed by atoms with van der Waals surface area (Å²) in [6.45, 7) is 1.87. The Morgan fingerprint density at radius 1 is 1.44 bits per heavy atom. The van der Waals surface area contributed by atoms with Gasteiger partial charge in [-0.05, 0) is 19.3 Å². The first-order valence-electron chi connectivity index (χ1n) is 5.46. The summed E-state index contributed by atoms with van der Waals surface area (Å²) < 4.78 is 0. The number of hydrogen-bond donors (Lipinski definition) is 4. The molecular weight excluding hydrogens is 212 g/mol. The van der Waals surface area contributed by atoms with E-state index in [0.717, 1.165) is 6.42 Å². The fourth-order valence-electron chi connectivity index (χ4n) is 1.38. The predicted octanol–water partition coefficient (Wildman–Crippen LogP) is -0.0803. The predicted molar refractivity (Wildman–Crippen MR) is 57.0 cm³/mol. The van der Waals surface area contributed by atoms with E-state index in [1.54, 1.807) is 0 Å². The topological polar surface area (TPSA) is 98.7 Å². The minimum atomic E-state index is -1.26. The number of carbonyl (C=O) groups excluding carboxylic acids is 1. The van der Waals surface area contributed by atoms with Gasteiger partial charge in [-0.3, -0.25) is 0 Å². The molecule has 6 heteroatoms. The van der Waals surface area contributed by atoms with Gasteiger partial charge in [0.15, 0.2) is 6.04 Å². The van der Waals surface area contributed by atoms with Gasteiger partial charge in [-0.1, -0.05) is 12.8 Å². The molecule has 2 amide bonds. The lowest BCUT2D eigenvalue weighted by Crippen LogP contribution is -2.51. The molecule has 1 fully saturated rings. The van der Waals surface area contributed by atoms with E-state index in [1.807, 2.05) is 0 Å². The Morgan fingerprint density at radius 3 is 2.50 bits per heavy atom. The van der Waals surface area contributed by atoms with Crippen LogP contribution in [0.4, 0.5) is 4.79 Å². The van der Waals surface area contributed by atoms with Crippen LogP contribution in [0.2, 0.25) is 0 Å². The summed E-state index contributed by atoms with van der Waals surface area (Å²) in [6, 6.07) is -1.81. The minimum absolute atomic E-state index is 0.544. The molecule has 0 spiro atoms. The Hall–Kier alpha value is -1.30. The molecule has 1 aliphatic carbocycles. The van der Waals surface area contributed by atoms with Crippen LogP contribution >= 0.6 is 0 Å². The van der Waals surface area contributed by atoms with Crippen LogP contribution in [0.3, 0.4) is 0 Å². The van der Waals surface area contributed by atoms with E-state index in [-0.39, 0.29) is 0 Å². The first-order valence-corrected chi connectivity index (χ1v) is 5.46. The van der Waals surface area contributed by atoms with Crippen molar-refractivity contribution in [3.05, 3.63) is 0 Å². The van der Waals surface area contributed by atoms with Gasteiger partial charge < -0.3 is 20.8 Å². The van der Waals surface area contributed by atoms with Gasteiger partial charge in [-0.25, -0.2) is 9.59 Å². The Bertz CT molecular complexity index is 264. The second kappa shape index (κ2) is 5.69. The Kier molecular flexibility index (Phi) is 4.54. The number of hydrogen-bond acceptors (Lipinski definition) is 3. The first-order chi connectivity index (χ1) is 7.50. The molecule has 0 aromatic heterocycles. The molecule has 1 aliphatic rings. The van der Waals surface area contributed by atoms with Crippen molar-refractivity contribution in [3.63, 3.8) is 0 Å². The van der Waals surface area contributed by atoms with Crippen LogP contribution in [0.5, 0.6) is 0 Å². The second-order valence-electron chi connectivity index (χ2n) is 4.19. The average molecular weight is 230 g/mol. The van der Waals surface area contributed by atoms with Crippen molar-refractivity contribution in [1.29, 1.82) is 0 Å². The molecule has 4 N–H and O–H groups in total. The monoisotopic (exact) mass is 230 g/mol. The molecule has 0 aromatic rings. The van der Waals surface area contributed by atoms with E-state index in [2.05, 4.69) is 10.6 Å². The highest BCUT2D eigenvalue weighted by molar-refractivity contribution is 5.82. The highest BCUT2D eigenvalue weighted by Crippen LogP contribution is 2.31. The van der Waals surface area contributed by atoms with Gasteiger partial charge >= 0.3 is 12.0 Å². The zero-order chi connectivity index (χ0) is 12.1. The van der Waals surface area contributed by atoms with E-state index in [4.69, 9.17) is 10.2 Å². The van der Waals surface area contributed by atoms with Gasteiger partial charge in [-0.2, -0.15) is 0 Å². The van der Waals surface area contributed by atoms with Crippen molar-refractivity contribution < 1.29 is 19.8 Å². The van der Waals surface area contributed by atoms with Crippen molar-refractivity contribution in [2.45, 2.75) is 38.3 Å². The fraction of sp³-hybridized carbons (Fsp3) is 0.800. The summed E-state index contributed by atoms with van der Waals surface area (Å²) in [5.74, 6) is -0.528. The Morgan fingerprint density at radius 2 is 2.06 bits per heavy atom. The maximum Gasteiger partial charge on any atom is 0.328 e. The van der Waals surface area contributed by atoms with Gasteiger partial charge in [0.2, 0.25) is 0 Å². The van der Waals surface area contributed by atoms with Crippen LogP contribution in [0, 0.1) is 5.92 Å². The molecule has 0 radical (unpaired) electrons. The van der Waals surface area contributed by atoms with Crippen molar-refractivity contribution in [2.75, 3.05) is 6.54 Å². The summed E-state index contributed by atoms with van der Waals surface area (Å²) in [5.41, 5.74) is 0. The number of urea groups is 1. The first kappa shape index (κ1) is 12.8. The van der Waals surface area contributed by atoms with Crippen molar-refractivity contribution in [3.8, 4) is 0 Å². The van der Waals surface area contributed by atoms with Crippen LogP contribution in [0.15, 0.2) is 0 Å². The molecular formula is C10H18N2O4. The van der Waals surface area contributed by atoms with Crippen molar-refractivity contribution in [1.82, 2.24) is 10.6 Å². The lowest BCUT2D eigenvalue weighted by Gasteiger charge is -2.17. The molecule has 2 unspecified atom stereocenters. The number of rotatable bonds is 6. The second-order valence-corrected chi connectivity index (χ2v) is 4.19. The molecule has 0 saturated heterocycles. The molecule has 2 atom stereocenters. The standard InChI is InChI=1S/C10H18N2O4/c1-6(13)8(9(14)15)12-10(16)11-5-4-7-2-3-7/h6-8,13H,2-5H2,1H3,(H,14,15)(H2,11,12,16). The number of amides is 2. The normalized spacial score (nSPS) is 18.6. The Balaban J connectivity index is 2.21. The highest BCUT2D eigenvalue weighted by atomic mass is 16.4. The highest BCUT2D eigenvalue weighted by Gasteiger charge is 2.25. The number of aliphatic carboxylic acids is 1. The SMILES string of the molecule is CC(O)C(NC(=O)NCCC1CC1)C(=O)O. The third-order valence-electron chi connectivity index (χ3n) is 2.57. The maximum atomic E-state index is 11.3. The molecule has 0 aliphatic heterocycles. The van der Waals surface area contributed by atoms with E-state index in [0.29, 0.717) is 12.5 Å². The Labute approximate surface area is 94.0 Å². The fourth-order valence-corrected chi connectivity index (χ4v) is 1.38. The smallest absolute Gasteiger partial charge is 0.328 e. The molecule has 6 nitrogen and oxygen atoms in total.